The third-order valence-electron chi connectivity index (χ3n) is 6.40. The lowest BCUT2D eigenvalue weighted by molar-refractivity contribution is -0.130. The Morgan fingerprint density at radius 2 is 1.84 bits per heavy atom. The summed E-state index contributed by atoms with van der Waals surface area (Å²) in [6, 6.07) is 17.0. The fourth-order valence-corrected chi connectivity index (χ4v) is 6.18. The molecular formula is C27H25Cl2N5O2S2. The van der Waals surface area contributed by atoms with Crippen LogP contribution in [-0.4, -0.2) is 67.8 Å². The van der Waals surface area contributed by atoms with Crippen LogP contribution in [0.2, 0.25) is 10.0 Å². The first-order chi connectivity index (χ1) is 18.3. The number of piperazine rings is 1. The van der Waals surface area contributed by atoms with Crippen molar-refractivity contribution in [2.24, 2.45) is 0 Å². The first kappa shape index (κ1) is 26.7. The average molecular weight is 587 g/mol. The predicted molar refractivity (Wildman–Crippen MR) is 154 cm³/mol. The summed E-state index contributed by atoms with van der Waals surface area (Å²) in [7, 11) is 0. The third kappa shape index (κ3) is 5.61. The highest BCUT2D eigenvalue weighted by molar-refractivity contribution is 7.99. The Bertz CT molecular complexity index is 1460. The van der Waals surface area contributed by atoms with Crippen LogP contribution in [0.1, 0.15) is 22.2 Å². The van der Waals surface area contributed by atoms with E-state index in [4.69, 9.17) is 23.2 Å². The van der Waals surface area contributed by atoms with Gasteiger partial charge in [-0.1, -0.05) is 70.9 Å². The van der Waals surface area contributed by atoms with Gasteiger partial charge in [0, 0.05) is 31.2 Å². The minimum absolute atomic E-state index is 0.00866. The molecule has 1 fully saturated rings. The van der Waals surface area contributed by atoms with Crippen molar-refractivity contribution in [3.8, 4) is 17.1 Å². The first-order valence-corrected chi connectivity index (χ1v) is 14.7. The molecule has 0 radical (unpaired) electrons. The van der Waals surface area contributed by atoms with Crippen LogP contribution in [0.25, 0.3) is 17.1 Å². The molecule has 2 aromatic carbocycles. The van der Waals surface area contributed by atoms with E-state index in [1.807, 2.05) is 76.1 Å². The van der Waals surface area contributed by atoms with Crippen LogP contribution in [-0.2, 0) is 4.79 Å². The first-order valence-electron chi connectivity index (χ1n) is 12.0. The molecule has 7 nitrogen and oxygen atoms in total. The molecule has 1 aliphatic rings. The largest absolute Gasteiger partial charge is 0.338 e. The van der Waals surface area contributed by atoms with Crippen LogP contribution in [0.3, 0.4) is 0 Å². The summed E-state index contributed by atoms with van der Waals surface area (Å²) < 4.78 is 1.89. The highest BCUT2D eigenvalue weighted by Crippen LogP contribution is 2.32. The standard InChI is InChI=1S/C27H25Cl2N5O2S2/c1-17-5-7-19(8-6-17)25-30-31-27(34(25)20-9-10-21(28)22(29)14-20)38-16-24(35)32-11-12-33(18(2)15-32)26(36)23-4-3-13-37-23/h3-10,13-14,18H,11-12,15-16H2,1-2H3. The van der Waals surface area contributed by atoms with E-state index in [0.717, 1.165) is 21.7 Å². The molecule has 2 amide bonds. The van der Waals surface area contributed by atoms with Gasteiger partial charge >= 0.3 is 0 Å². The number of halogens is 2. The Balaban J connectivity index is 1.32. The molecule has 0 bridgehead atoms. The molecule has 11 heteroatoms. The Kier molecular flexibility index (Phi) is 8.09. The molecule has 2 aromatic heterocycles. The number of aromatic nitrogens is 3. The second kappa shape index (κ2) is 11.5. The van der Waals surface area contributed by atoms with Crippen LogP contribution >= 0.6 is 46.3 Å². The second-order valence-corrected chi connectivity index (χ2v) is 11.8. The molecular weight excluding hydrogens is 561 g/mol. The number of rotatable bonds is 6. The van der Waals surface area contributed by atoms with Gasteiger partial charge in [-0.25, -0.2) is 0 Å². The van der Waals surface area contributed by atoms with E-state index in [2.05, 4.69) is 10.2 Å². The fraction of sp³-hybridized carbons (Fsp3) is 0.259. The van der Waals surface area contributed by atoms with Gasteiger partial charge < -0.3 is 9.80 Å². The molecule has 0 N–H and O–H groups in total. The van der Waals surface area contributed by atoms with E-state index >= 15 is 0 Å². The van der Waals surface area contributed by atoms with Crippen LogP contribution in [0, 0.1) is 6.92 Å². The van der Waals surface area contributed by atoms with Gasteiger partial charge in [-0.3, -0.25) is 14.2 Å². The van der Waals surface area contributed by atoms with Crippen molar-refractivity contribution in [2.75, 3.05) is 25.4 Å². The zero-order chi connectivity index (χ0) is 26.8. The molecule has 1 unspecified atom stereocenters. The molecule has 1 aliphatic heterocycles. The van der Waals surface area contributed by atoms with Gasteiger partial charge in [0.05, 0.1) is 26.4 Å². The van der Waals surface area contributed by atoms with E-state index in [0.29, 0.717) is 40.7 Å². The minimum Gasteiger partial charge on any atom is -0.338 e. The summed E-state index contributed by atoms with van der Waals surface area (Å²) in [6.45, 7) is 5.50. The molecule has 0 saturated carbocycles. The summed E-state index contributed by atoms with van der Waals surface area (Å²) in [5, 5.41) is 12.2. The third-order valence-corrected chi connectivity index (χ3v) is 8.91. The Morgan fingerprint density at radius 3 is 2.53 bits per heavy atom. The fourth-order valence-electron chi connectivity index (χ4n) is 4.36. The van der Waals surface area contributed by atoms with Crippen molar-refractivity contribution in [1.82, 2.24) is 24.6 Å². The summed E-state index contributed by atoms with van der Waals surface area (Å²) in [5.41, 5.74) is 2.79. The summed E-state index contributed by atoms with van der Waals surface area (Å²) in [6.07, 6.45) is 0. The minimum atomic E-state index is -0.0692. The number of aryl methyl sites for hydroxylation is 1. The molecule has 196 valence electrons. The van der Waals surface area contributed by atoms with Crippen LogP contribution in [0.15, 0.2) is 65.1 Å². The van der Waals surface area contributed by atoms with Crippen molar-refractivity contribution < 1.29 is 9.59 Å². The topological polar surface area (TPSA) is 71.3 Å². The number of thioether (sulfide) groups is 1. The van der Waals surface area contributed by atoms with Crippen LogP contribution in [0.4, 0.5) is 0 Å². The van der Waals surface area contributed by atoms with Crippen molar-refractivity contribution in [3.05, 3.63) is 80.5 Å². The van der Waals surface area contributed by atoms with Gasteiger partial charge in [0.1, 0.15) is 0 Å². The van der Waals surface area contributed by atoms with Gasteiger partial charge in [0.2, 0.25) is 5.91 Å². The summed E-state index contributed by atoms with van der Waals surface area (Å²) >= 11 is 15.3. The number of carbonyl (C=O) groups is 2. The number of hydrogen-bond donors (Lipinski definition) is 0. The van der Waals surface area contributed by atoms with E-state index in [1.54, 1.807) is 12.1 Å². The zero-order valence-corrected chi connectivity index (χ0v) is 23.9. The van der Waals surface area contributed by atoms with Gasteiger partial charge in [0.25, 0.3) is 5.91 Å². The number of benzene rings is 2. The van der Waals surface area contributed by atoms with E-state index < -0.39 is 0 Å². The van der Waals surface area contributed by atoms with Gasteiger partial charge in [-0.2, -0.15) is 0 Å². The van der Waals surface area contributed by atoms with E-state index in [9.17, 15) is 9.59 Å². The Morgan fingerprint density at radius 1 is 1.05 bits per heavy atom. The summed E-state index contributed by atoms with van der Waals surface area (Å²) in [4.78, 5) is 30.4. The number of carbonyl (C=O) groups excluding carboxylic acids is 2. The highest BCUT2D eigenvalue weighted by atomic mass is 35.5. The molecule has 0 spiro atoms. The zero-order valence-electron chi connectivity index (χ0n) is 20.8. The molecule has 3 heterocycles. The van der Waals surface area contributed by atoms with Gasteiger partial charge in [-0.05, 0) is 43.5 Å². The van der Waals surface area contributed by atoms with Gasteiger partial charge in [0.15, 0.2) is 11.0 Å². The predicted octanol–water partition coefficient (Wildman–Crippen LogP) is 6.08. The second-order valence-electron chi connectivity index (χ2n) is 9.06. The van der Waals surface area contributed by atoms with Crippen LogP contribution in [0.5, 0.6) is 0 Å². The average Bonchev–Trinajstić information content (AvgIpc) is 3.60. The van der Waals surface area contributed by atoms with Crippen molar-refractivity contribution in [3.63, 3.8) is 0 Å². The van der Waals surface area contributed by atoms with Crippen LogP contribution < -0.4 is 0 Å². The maximum Gasteiger partial charge on any atom is 0.264 e. The monoisotopic (exact) mass is 585 g/mol. The maximum absolute atomic E-state index is 13.2. The highest BCUT2D eigenvalue weighted by Gasteiger charge is 2.31. The number of hydrogen-bond acceptors (Lipinski definition) is 6. The number of thiophene rings is 1. The maximum atomic E-state index is 13.2. The Hall–Kier alpha value is -2.85. The SMILES string of the molecule is Cc1ccc(-c2nnc(SCC(=O)N3CCN(C(=O)c4cccs4)C(C)C3)n2-c2ccc(Cl)c(Cl)c2)cc1. The summed E-state index contributed by atoms with van der Waals surface area (Å²) in [5.74, 6) is 0.851. The molecule has 1 saturated heterocycles. The van der Waals surface area contributed by atoms with Gasteiger partial charge in [-0.15, -0.1) is 21.5 Å². The molecule has 0 aliphatic carbocycles. The smallest absolute Gasteiger partial charge is 0.264 e. The van der Waals surface area contributed by atoms with E-state index in [-0.39, 0.29) is 23.6 Å². The normalized spacial score (nSPS) is 15.6. The molecule has 1 atom stereocenters. The quantitative estimate of drug-likeness (QED) is 0.256. The lowest BCUT2D eigenvalue weighted by Crippen LogP contribution is -2.55. The molecule has 4 aromatic rings. The van der Waals surface area contributed by atoms with Crippen molar-refractivity contribution in [1.29, 1.82) is 0 Å². The lowest BCUT2D eigenvalue weighted by Gasteiger charge is -2.39. The van der Waals surface area contributed by atoms with E-state index in [1.165, 1.54) is 23.1 Å². The van der Waals surface area contributed by atoms with Crippen molar-refractivity contribution in [2.45, 2.75) is 25.0 Å². The number of amides is 2. The Labute approximate surface area is 239 Å². The van der Waals surface area contributed by atoms with Crippen molar-refractivity contribution >= 4 is 58.1 Å². The molecule has 5 rings (SSSR count). The lowest BCUT2D eigenvalue weighted by atomic mass is 10.1. The number of nitrogens with zero attached hydrogens (tertiary/aromatic N) is 5. The molecule has 38 heavy (non-hydrogen) atoms.